The van der Waals surface area contributed by atoms with Crippen LogP contribution in [0.5, 0.6) is 0 Å². The van der Waals surface area contributed by atoms with Crippen LogP contribution in [0.4, 0.5) is 0 Å². The minimum Gasteiger partial charge on any atom is -0.366 e. The van der Waals surface area contributed by atoms with Crippen LogP contribution in [0.25, 0.3) is 11.7 Å². The Morgan fingerprint density at radius 3 is 3.10 bits per heavy atom. The molecule has 0 aliphatic carbocycles. The SMILES string of the molecule is O=C(C=Cc1nccs1)NCC1CCC2(CN(C(=O)c3cccn4c(=O)[nH]nc34)C2)O1. The number of nitrogens with zero attached hydrogens (tertiary/aromatic N) is 4. The zero-order chi connectivity index (χ0) is 21.4. The van der Waals surface area contributed by atoms with Crippen molar-refractivity contribution >= 4 is 34.9 Å². The smallest absolute Gasteiger partial charge is 0.347 e. The third kappa shape index (κ3) is 3.77. The fourth-order valence-corrected chi connectivity index (χ4v) is 4.60. The molecule has 1 atom stereocenters. The van der Waals surface area contributed by atoms with E-state index in [1.54, 1.807) is 35.5 Å². The number of carbonyl (C=O) groups is 2. The molecule has 0 radical (unpaired) electrons. The van der Waals surface area contributed by atoms with Gasteiger partial charge in [-0.3, -0.25) is 9.59 Å². The lowest BCUT2D eigenvalue weighted by molar-refractivity contribution is -0.125. The number of amides is 2. The topological polar surface area (TPSA) is 122 Å². The average molecular weight is 440 g/mol. The van der Waals surface area contributed by atoms with Crippen molar-refractivity contribution < 1.29 is 14.3 Å². The number of likely N-dealkylation sites (tertiary alicyclic amines) is 1. The standard InChI is InChI=1S/C20H20N6O4S/c27-15(3-4-16-21-7-9-31-16)22-10-13-5-6-20(30-13)11-25(12-20)18(28)14-2-1-8-26-17(14)23-24-19(26)29/h1-4,7-9,13H,5-6,10-12H2,(H,22,27)(H,24,29). The molecule has 2 fully saturated rings. The van der Waals surface area contributed by atoms with Gasteiger partial charge in [-0.25, -0.2) is 19.3 Å². The van der Waals surface area contributed by atoms with Crippen LogP contribution in [0.2, 0.25) is 0 Å². The zero-order valence-electron chi connectivity index (χ0n) is 16.5. The van der Waals surface area contributed by atoms with Crippen LogP contribution in [0.3, 0.4) is 0 Å². The molecule has 1 unspecified atom stereocenters. The summed E-state index contributed by atoms with van der Waals surface area (Å²) in [6, 6.07) is 3.32. The number of pyridine rings is 1. The highest BCUT2D eigenvalue weighted by molar-refractivity contribution is 7.10. The van der Waals surface area contributed by atoms with Crippen molar-refractivity contribution in [2.45, 2.75) is 24.5 Å². The minimum absolute atomic E-state index is 0.0807. The summed E-state index contributed by atoms with van der Waals surface area (Å²) in [6.07, 6.45) is 7.98. The summed E-state index contributed by atoms with van der Waals surface area (Å²) in [4.78, 5) is 42.4. The molecule has 2 N–H and O–H groups in total. The van der Waals surface area contributed by atoms with Gasteiger partial charge in [-0.05, 0) is 31.1 Å². The Balaban J connectivity index is 1.14. The molecule has 1 spiro atoms. The van der Waals surface area contributed by atoms with Crippen LogP contribution in [0, 0.1) is 0 Å². The summed E-state index contributed by atoms with van der Waals surface area (Å²) in [5.41, 5.74) is -0.0464. The molecule has 2 aliphatic rings. The number of ether oxygens (including phenoxy) is 1. The number of aromatic nitrogens is 4. The maximum absolute atomic E-state index is 12.9. The number of nitrogens with one attached hydrogen (secondary N) is 2. The molecule has 2 aliphatic heterocycles. The molecule has 3 aromatic rings. The van der Waals surface area contributed by atoms with Crippen molar-refractivity contribution in [3.8, 4) is 0 Å². The maximum atomic E-state index is 12.9. The number of hydrogen-bond acceptors (Lipinski definition) is 7. The van der Waals surface area contributed by atoms with Gasteiger partial charge in [0.25, 0.3) is 5.91 Å². The Morgan fingerprint density at radius 1 is 1.42 bits per heavy atom. The lowest BCUT2D eigenvalue weighted by Gasteiger charge is -2.47. The van der Waals surface area contributed by atoms with Crippen LogP contribution < -0.4 is 11.0 Å². The van der Waals surface area contributed by atoms with E-state index in [1.807, 2.05) is 5.38 Å². The van der Waals surface area contributed by atoms with E-state index in [0.717, 1.165) is 17.8 Å². The van der Waals surface area contributed by atoms with Crippen molar-refractivity contribution in [1.29, 1.82) is 0 Å². The number of thiazole rings is 1. The van der Waals surface area contributed by atoms with Crippen LogP contribution >= 0.6 is 11.3 Å². The quantitative estimate of drug-likeness (QED) is 0.563. The molecule has 0 aromatic carbocycles. The van der Waals surface area contributed by atoms with Gasteiger partial charge in [0.2, 0.25) is 5.91 Å². The van der Waals surface area contributed by atoms with E-state index in [-0.39, 0.29) is 29.2 Å². The Hall–Kier alpha value is -3.31. The number of aromatic amines is 1. The van der Waals surface area contributed by atoms with E-state index in [9.17, 15) is 14.4 Å². The van der Waals surface area contributed by atoms with Gasteiger partial charge in [0, 0.05) is 30.4 Å². The molecule has 0 bridgehead atoms. The van der Waals surface area contributed by atoms with Gasteiger partial charge in [0.1, 0.15) is 10.6 Å². The fourth-order valence-electron chi connectivity index (χ4n) is 4.07. The van der Waals surface area contributed by atoms with Crippen molar-refractivity contribution in [3.63, 3.8) is 0 Å². The number of hydrogen-bond donors (Lipinski definition) is 2. The fraction of sp³-hybridized carbons (Fsp3) is 0.350. The normalized spacial score (nSPS) is 19.9. The summed E-state index contributed by atoms with van der Waals surface area (Å²) < 4.78 is 7.49. The number of rotatable bonds is 5. The molecular weight excluding hydrogens is 420 g/mol. The predicted octanol–water partition coefficient (Wildman–Crippen LogP) is 0.682. The van der Waals surface area contributed by atoms with Crippen molar-refractivity contribution in [2.75, 3.05) is 19.6 Å². The first-order valence-electron chi connectivity index (χ1n) is 9.91. The minimum atomic E-state index is -0.379. The first-order chi connectivity index (χ1) is 15.0. The second-order valence-corrected chi connectivity index (χ2v) is 8.64. The first-order valence-corrected chi connectivity index (χ1v) is 10.8. The Morgan fingerprint density at radius 2 is 2.29 bits per heavy atom. The van der Waals surface area contributed by atoms with E-state index in [4.69, 9.17) is 4.74 Å². The lowest BCUT2D eigenvalue weighted by atomic mass is 9.90. The zero-order valence-corrected chi connectivity index (χ0v) is 17.3. The molecule has 5 rings (SSSR count). The van der Waals surface area contributed by atoms with Gasteiger partial charge in [-0.2, -0.15) is 5.10 Å². The summed E-state index contributed by atoms with van der Waals surface area (Å²) >= 11 is 1.46. The van der Waals surface area contributed by atoms with Crippen molar-refractivity contribution in [2.24, 2.45) is 0 Å². The van der Waals surface area contributed by atoms with Gasteiger partial charge >= 0.3 is 5.69 Å². The Bertz CT molecular complexity index is 1210. The molecule has 3 aromatic heterocycles. The second-order valence-electron chi connectivity index (χ2n) is 7.72. The van der Waals surface area contributed by atoms with Crippen LogP contribution in [-0.4, -0.2) is 67.6 Å². The summed E-state index contributed by atoms with van der Waals surface area (Å²) in [5.74, 6) is -0.365. The van der Waals surface area contributed by atoms with E-state index in [0.29, 0.717) is 30.8 Å². The molecule has 11 heteroatoms. The summed E-state index contributed by atoms with van der Waals surface area (Å²) in [6.45, 7) is 1.39. The molecule has 2 saturated heterocycles. The number of carbonyl (C=O) groups excluding carboxylic acids is 2. The van der Waals surface area contributed by atoms with E-state index >= 15 is 0 Å². The monoisotopic (exact) mass is 440 g/mol. The Kier molecular flexibility index (Phi) is 4.91. The largest absolute Gasteiger partial charge is 0.366 e. The lowest BCUT2D eigenvalue weighted by Crippen LogP contribution is -2.63. The molecule has 10 nitrogen and oxygen atoms in total. The molecule has 2 amide bonds. The molecule has 0 saturated carbocycles. The van der Waals surface area contributed by atoms with Crippen LogP contribution in [-0.2, 0) is 9.53 Å². The van der Waals surface area contributed by atoms with Gasteiger partial charge < -0.3 is 15.0 Å². The van der Waals surface area contributed by atoms with Crippen molar-refractivity contribution in [3.05, 3.63) is 57.0 Å². The molecule has 31 heavy (non-hydrogen) atoms. The second kappa shape index (κ2) is 7.75. The Labute approximate surface area is 180 Å². The summed E-state index contributed by atoms with van der Waals surface area (Å²) in [7, 11) is 0. The van der Waals surface area contributed by atoms with Crippen molar-refractivity contribution in [1.82, 2.24) is 29.8 Å². The first kappa shape index (κ1) is 19.6. The predicted molar refractivity (Wildman–Crippen MR) is 113 cm³/mol. The van der Waals surface area contributed by atoms with Gasteiger partial charge in [-0.15, -0.1) is 11.3 Å². The number of H-pyrrole nitrogens is 1. The molecular formula is C20H20N6O4S. The molecule has 160 valence electrons. The van der Waals surface area contributed by atoms with E-state index in [1.165, 1.54) is 21.8 Å². The highest BCUT2D eigenvalue weighted by Crippen LogP contribution is 2.38. The third-order valence-corrected chi connectivity index (χ3v) is 6.33. The van der Waals surface area contributed by atoms with Gasteiger partial charge in [0.05, 0.1) is 24.8 Å². The van der Waals surface area contributed by atoms with Crippen LogP contribution in [0.1, 0.15) is 28.2 Å². The van der Waals surface area contributed by atoms with Crippen LogP contribution in [0.15, 0.2) is 40.8 Å². The maximum Gasteiger partial charge on any atom is 0.347 e. The van der Waals surface area contributed by atoms with E-state index in [2.05, 4.69) is 20.5 Å². The van der Waals surface area contributed by atoms with Gasteiger partial charge in [-0.1, -0.05) is 0 Å². The third-order valence-electron chi connectivity index (χ3n) is 5.59. The average Bonchev–Trinajstić information content (AvgIpc) is 3.49. The highest BCUT2D eigenvalue weighted by atomic mass is 32.1. The molecule has 5 heterocycles. The van der Waals surface area contributed by atoms with Gasteiger partial charge in [0.15, 0.2) is 5.65 Å². The van der Waals surface area contributed by atoms with E-state index < -0.39 is 0 Å². The highest BCUT2D eigenvalue weighted by Gasteiger charge is 2.51. The number of fused-ring (bicyclic) bond motifs is 1. The summed E-state index contributed by atoms with van der Waals surface area (Å²) in [5, 5.41) is 11.8.